The number of anilines is 2. The van der Waals surface area contributed by atoms with Crippen LogP contribution in [0.5, 0.6) is 11.5 Å². The quantitative estimate of drug-likeness (QED) is 0.348. The summed E-state index contributed by atoms with van der Waals surface area (Å²) in [6.07, 6.45) is 1.29. The number of methoxy groups -OCH3 is 1. The molecular formula is C25H19ClFN3O4. The second-order valence-corrected chi connectivity index (χ2v) is 7.29. The van der Waals surface area contributed by atoms with E-state index in [9.17, 15) is 19.2 Å². The van der Waals surface area contributed by atoms with Gasteiger partial charge in [0.25, 0.3) is 11.8 Å². The van der Waals surface area contributed by atoms with Crippen LogP contribution >= 0.6 is 11.6 Å². The molecule has 2 amide bonds. The van der Waals surface area contributed by atoms with E-state index in [4.69, 9.17) is 21.1 Å². The number of amides is 2. The molecule has 7 nitrogen and oxygen atoms in total. The van der Waals surface area contributed by atoms with E-state index in [0.717, 1.165) is 0 Å². The fourth-order valence-electron chi connectivity index (χ4n) is 2.88. The van der Waals surface area contributed by atoms with Crippen molar-refractivity contribution in [2.45, 2.75) is 0 Å². The number of nitrogens with zero attached hydrogens (tertiary/aromatic N) is 1. The Morgan fingerprint density at radius 3 is 2.50 bits per heavy atom. The fraction of sp³-hybridized carbons (Fsp3) is 0.0800. The lowest BCUT2D eigenvalue weighted by atomic mass is 10.1. The van der Waals surface area contributed by atoms with Gasteiger partial charge in [-0.1, -0.05) is 23.7 Å². The minimum absolute atomic E-state index is 0.238. The van der Waals surface area contributed by atoms with Crippen molar-refractivity contribution in [3.05, 3.63) is 88.7 Å². The van der Waals surface area contributed by atoms with Crippen LogP contribution in [0.4, 0.5) is 15.8 Å². The zero-order valence-corrected chi connectivity index (χ0v) is 18.7. The van der Waals surface area contributed by atoms with Gasteiger partial charge in [0.2, 0.25) is 0 Å². The Labute approximate surface area is 200 Å². The Hall–Kier alpha value is -4.35. The molecule has 3 aromatic rings. The highest BCUT2D eigenvalue weighted by molar-refractivity contribution is 6.30. The number of carbonyl (C=O) groups excluding carboxylic acids is 2. The SMILES string of the molecule is COc1ccccc1NC(=O)COc1ccc(Cl)cc1C=C(C#N)C(=O)Nc1ccc(F)cc1. The molecule has 0 fully saturated rings. The molecule has 0 aromatic heterocycles. The third kappa shape index (κ3) is 6.58. The molecule has 0 aliphatic carbocycles. The van der Waals surface area contributed by atoms with Crippen LogP contribution in [0, 0.1) is 17.1 Å². The van der Waals surface area contributed by atoms with Crippen LogP contribution in [0.15, 0.2) is 72.3 Å². The van der Waals surface area contributed by atoms with E-state index in [2.05, 4.69) is 10.6 Å². The average Bonchev–Trinajstić information content (AvgIpc) is 2.83. The molecule has 0 saturated heterocycles. The summed E-state index contributed by atoms with van der Waals surface area (Å²) < 4.78 is 23.9. The standard InChI is InChI=1S/C25H19ClFN3O4/c1-33-23-5-3-2-4-21(23)30-24(31)15-34-22-11-6-18(26)13-16(22)12-17(14-28)25(32)29-20-9-7-19(27)8-10-20/h2-13H,15H2,1H3,(H,29,32)(H,30,31). The van der Waals surface area contributed by atoms with Crippen molar-refractivity contribution in [3.8, 4) is 17.6 Å². The van der Waals surface area contributed by atoms with Gasteiger partial charge >= 0.3 is 0 Å². The van der Waals surface area contributed by atoms with Gasteiger partial charge in [-0.05, 0) is 60.7 Å². The Morgan fingerprint density at radius 1 is 1.06 bits per heavy atom. The van der Waals surface area contributed by atoms with Gasteiger partial charge in [0.15, 0.2) is 6.61 Å². The third-order valence-electron chi connectivity index (χ3n) is 4.48. The first kappa shape index (κ1) is 24.3. The number of ether oxygens (including phenoxy) is 2. The molecule has 0 radical (unpaired) electrons. The van der Waals surface area contributed by atoms with E-state index >= 15 is 0 Å². The van der Waals surface area contributed by atoms with Crippen molar-refractivity contribution in [1.82, 2.24) is 0 Å². The summed E-state index contributed by atoms with van der Waals surface area (Å²) in [4.78, 5) is 24.9. The molecule has 172 valence electrons. The Kier molecular flexibility index (Phi) is 8.21. The predicted octanol–water partition coefficient (Wildman–Crippen LogP) is 5.05. The second-order valence-electron chi connectivity index (χ2n) is 6.85. The summed E-state index contributed by atoms with van der Waals surface area (Å²) in [6, 6.07) is 18.4. The Bertz CT molecular complexity index is 1270. The maximum atomic E-state index is 13.1. The van der Waals surface area contributed by atoms with Crippen molar-refractivity contribution in [1.29, 1.82) is 5.26 Å². The van der Waals surface area contributed by atoms with Crippen LogP contribution in [0.25, 0.3) is 6.08 Å². The van der Waals surface area contributed by atoms with Gasteiger partial charge in [0.1, 0.15) is 29.0 Å². The number of nitrogens with one attached hydrogen (secondary N) is 2. The molecule has 0 aliphatic rings. The van der Waals surface area contributed by atoms with Crippen molar-refractivity contribution in [2.24, 2.45) is 0 Å². The number of halogens is 2. The van der Waals surface area contributed by atoms with E-state index in [1.54, 1.807) is 30.3 Å². The maximum absolute atomic E-state index is 13.1. The van der Waals surface area contributed by atoms with Crippen molar-refractivity contribution >= 4 is 40.9 Å². The van der Waals surface area contributed by atoms with Crippen LogP contribution in [-0.4, -0.2) is 25.5 Å². The topological polar surface area (TPSA) is 100 Å². The van der Waals surface area contributed by atoms with E-state index in [0.29, 0.717) is 27.7 Å². The number of rotatable bonds is 8. The van der Waals surface area contributed by atoms with E-state index < -0.39 is 17.6 Å². The minimum Gasteiger partial charge on any atom is -0.495 e. The van der Waals surface area contributed by atoms with Crippen molar-refractivity contribution < 1.29 is 23.5 Å². The summed E-state index contributed by atoms with van der Waals surface area (Å²) in [5.41, 5.74) is 0.889. The number of nitriles is 1. The molecule has 0 atom stereocenters. The summed E-state index contributed by atoms with van der Waals surface area (Å²) in [5, 5.41) is 15.0. The first-order chi connectivity index (χ1) is 16.4. The molecule has 34 heavy (non-hydrogen) atoms. The first-order valence-corrected chi connectivity index (χ1v) is 10.3. The second kappa shape index (κ2) is 11.5. The molecule has 3 rings (SSSR count). The highest BCUT2D eigenvalue weighted by Crippen LogP contribution is 2.26. The van der Waals surface area contributed by atoms with Gasteiger partial charge in [-0.3, -0.25) is 9.59 Å². The highest BCUT2D eigenvalue weighted by atomic mass is 35.5. The van der Waals surface area contributed by atoms with E-state index in [-0.39, 0.29) is 17.9 Å². The van der Waals surface area contributed by atoms with Gasteiger partial charge in [-0.25, -0.2) is 4.39 Å². The fourth-order valence-corrected chi connectivity index (χ4v) is 3.06. The number of benzene rings is 3. The molecule has 0 saturated carbocycles. The van der Waals surface area contributed by atoms with Gasteiger partial charge in [-0.15, -0.1) is 0 Å². The molecular weight excluding hydrogens is 461 g/mol. The minimum atomic E-state index is -0.700. The summed E-state index contributed by atoms with van der Waals surface area (Å²) in [7, 11) is 1.49. The van der Waals surface area contributed by atoms with Crippen molar-refractivity contribution in [2.75, 3.05) is 24.4 Å². The largest absolute Gasteiger partial charge is 0.495 e. The lowest BCUT2D eigenvalue weighted by Gasteiger charge is -2.12. The average molecular weight is 480 g/mol. The molecule has 0 aliphatic heterocycles. The summed E-state index contributed by atoms with van der Waals surface area (Å²) >= 11 is 6.07. The highest BCUT2D eigenvalue weighted by Gasteiger charge is 2.14. The Balaban J connectivity index is 1.74. The molecule has 9 heteroatoms. The van der Waals surface area contributed by atoms with Crippen LogP contribution in [0.1, 0.15) is 5.56 Å². The number of para-hydroxylation sites is 2. The van der Waals surface area contributed by atoms with Gasteiger partial charge in [-0.2, -0.15) is 5.26 Å². The summed E-state index contributed by atoms with van der Waals surface area (Å²) in [5.74, 6) is -0.860. The smallest absolute Gasteiger partial charge is 0.266 e. The molecule has 2 N–H and O–H groups in total. The molecule has 0 bridgehead atoms. The lowest BCUT2D eigenvalue weighted by Crippen LogP contribution is -2.20. The van der Waals surface area contributed by atoms with Crippen LogP contribution in [0.2, 0.25) is 5.02 Å². The van der Waals surface area contributed by atoms with Gasteiger partial charge in [0, 0.05) is 16.3 Å². The van der Waals surface area contributed by atoms with Crippen LogP contribution in [0.3, 0.4) is 0 Å². The first-order valence-electron chi connectivity index (χ1n) is 9.93. The molecule has 0 heterocycles. The maximum Gasteiger partial charge on any atom is 0.266 e. The third-order valence-corrected chi connectivity index (χ3v) is 4.71. The number of hydrogen-bond acceptors (Lipinski definition) is 5. The molecule has 0 spiro atoms. The number of hydrogen-bond donors (Lipinski definition) is 2. The van der Waals surface area contributed by atoms with Gasteiger partial charge < -0.3 is 20.1 Å². The van der Waals surface area contributed by atoms with E-state index in [1.165, 1.54) is 49.6 Å². The molecule has 3 aromatic carbocycles. The zero-order chi connectivity index (χ0) is 24.5. The monoisotopic (exact) mass is 479 g/mol. The summed E-state index contributed by atoms with van der Waals surface area (Å²) in [6.45, 7) is -0.343. The lowest BCUT2D eigenvalue weighted by molar-refractivity contribution is -0.118. The van der Waals surface area contributed by atoms with Crippen LogP contribution in [-0.2, 0) is 9.59 Å². The van der Waals surface area contributed by atoms with Crippen molar-refractivity contribution in [3.63, 3.8) is 0 Å². The number of carbonyl (C=O) groups is 2. The molecule has 0 unspecified atom stereocenters. The zero-order valence-electron chi connectivity index (χ0n) is 18.0. The normalized spacial score (nSPS) is 10.7. The predicted molar refractivity (Wildman–Crippen MR) is 127 cm³/mol. The Morgan fingerprint density at radius 2 is 1.79 bits per heavy atom. The van der Waals surface area contributed by atoms with E-state index in [1.807, 2.05) is 6.07 Å². The van der Waals surface area contributed by atoms with Crippen LogP contribution < -0.4 is 20.1 Å². The van der Waals surface area contributed by atoms with Gasteiger partial charge in [0.05, 0.1) is 12.8 Å².